The number of nitrogens with zero attached hydrogens (tertiary/aromatic N) is 1. The van der Waals surface area contributed by atoms with Gasteiger partial charge in [0.25, 0.3) is 5.91 Å². The third-order valence-electron chi connectivity index (χ3n) is 3.53. The summed E-state index contributed by atoms with van der Waals surface area (Å²) in [6.45, 7) is 6.62. The number of amides is 1. The highest BCUT2D eigenvalue weighted by atomic mass is 16.5. The maximum absolute atomic E-state index is 12.3. The van der Waals surface area contributed by atoms with Crippen LogP contribution in [0.3, 0.4) is 0 Å². The van der Waals surface area contributed by atoms with Crippen molar-refractivity contribution in [2.45, 2.75) is 13.3 Å². The van der Waals surface area contributed by atoms with Crippen LogP contribution in [0.1, 0.15) is 29.3 Å². The van der Waals surface area contributed by atoms with Crippen molar-refractivity contribution in [1.82, 2.24) is 5.43 Å². The van der Waals surface area contributed by atoms with E-state index in [0.29, 0.717) is 36.0 Å². The number of benzene rings is 2. The van der Waals surface area contributed by atoms with Crippen molar-refractivity contribution >= 4 is 12.1 Å². The molecule has 0 saturated heterocycles. The normalized spacial score (nSPS) is 10.4. The maximum Gasteiger partial charge on any atom is 0.271 e. The predicted octanol–water partition coefficient (Wildman–Crippen LogP) is 3.81. The summed E-state index contributed by atoms with van der Waals surface area (Å²) in [5.41, 5.74) is 3.67. The van der Waals surface area contributed by atoms with Crippen LogP contribution in [0.5, 0.6) is 17.2 Å². The lowest BCUT2D eigenvalue weighted by molar-refractivity contribution is 0.0954. The first-order valence-electron chi connectivity index (χ1n) is 8.66. The van der Waals surface area contributed by atoms with Crippen LogP contribution < -0.4 is 19.6 Å². The van der Waals surface area contributed by atoms with Crippen LogP contribution in [0.2, 0.25) is 0 Å². The minimum atomic E-state index is -0.351. The Morgan fingerprint density at radius 1 is 1.15 bits per heavy atom. The molecule has 0 bridgehead atoms. The quantitative estimate of drug-likeness (QED) is 0.393. The van der Waals surface area contributed by atoms with Crippen LogP contribution in [0, 0.1) is 0 Å². The number of rotatable bonds is 10. The molecule has 2 rings (SSSR count). The van der Waals surface area contributed by atoms with Gasteiger partial charge in [-0.15, -0.1) is 0 Å². The van der Waals surface area contributed by atoms with Crippen LogP contribution in [0.15, 0.2) is 60.2 Å². The number of carbonyl (C=O) groups excluding carboxylic acids is 1. The number of hydrogen-bond acceptors (Lipinski definition) is 5. The molecule has 27 heavy (non-hydrogen) atoms. The lowest BCUT2D eigenvalue weighted by atomic mass is 10.2. The molecule has 0 unspecified atom stereocenters. The minimum absolute atomic E-state index is 0.351. The molecule has 0 spiro atoms. The van der Waals surface area contributed by atoms with E-state index in [0.717, 1.165) is 12.0 Å². The zero-order valence-electron chi connectivity index (χ0n) is 15.6. The Hall–Kier alpha value is -3.28. The largest absolute Gasteiger partial charge is 0.493 e. The first-order chi connectivity index (χ1) is 13.2. The van der Waals surface area contributed by atoms with E-state index in [9.17, 15) is 4.79 Å². The van der Waals surface area contributed by atoms with E-state index in [1.807, 2.05) is 31.2 Å². The minimum Gasteiger partial charge on any atom is -0.493 e. The van der Waals surface area contributed by atoms with Crippen molar-refractivity contribution in [1.29, 1.82) is 0 Å². The monoisotopic (exact) mass is 368 g/mol. The Morgan fingerprint density at radius 3 is 2.70 bits per heavy atom. The summed E-state index contributed by atoms with van der Waals surface area (Å²) in [5, 5.41) is 4.01. The van der Waals surface area contributed by atoms with E-state index in [-0.39, 0.29) is 5.91 Å². The molecule has 0 saturated carbocycles. The molecule has 0 aliphatic rings. The average Bonchev–Trinajstić information content (AvgIpc) is 2.71. The van der Waals surface area contributed by atoms with Gasteiger partial charge in [0.05, 0.1) is 19.9 Å². The Kier molecular flexibility index (Phi) is 7.91. The van der Waals surface area contributed by atoms with Gasteiger partial charge in [0.1, 0.15) is 12.4 Å². The summed E-state index contributed by atoms with van der Waals surface area (Å²) < 4.78 is 16.4. The predicted molar refractivity (Wildman–Crippen MR) is 106 cm³/mol. The Balaban J connectivity index is 2.05. The topological polar surface area (TPSA) is 69.2 Å². The molecule has 0 aliphatic heterocycles. The van der Waals surface area contributed by atoms with Gasteiger partial charge in [-0.25, -0.2) is 5.43 Å². The Bertz CT molecular complexity index is 803. The number of carbonyl (C=O) groups is 1. The van der Waals surface area contributed by atoms with Crippen LogP contribution in [-0.4, -0.2) is 32.4 Å². The van der Waals surface area contributed by atoms with Gasteiger partial charge in [0.2, 0.25) is 0 Å². The van der Waals surface area contributed by atoms with E-state index < -0.39 is 0 Å². The van der Waals surface area contributed by atoms with Gasteiger partial charge in [-0.05, 0) is 36.8 Å². The molecule has 0 aliphatic carbocycles. The molecule has 0 radical (unpaired) electrons. The van der Waals surface area contributed by atoms with Gasteiger partial charge < -0.3 is 14.2 Å². The molecule has 0 heterocycles. The van der Waals surface area contributed by atoms with Crippen molar-refractivity contribution in [3.05, 3.63) is 66.2 Å². The number of hydrogen-bond donors (Lipinski definition) is 1. The van der Waals surface area contributed by atoms with E-state index in [1.165, 1.54) is 13.3 Å². The van der Waals surface area contributed by atoms with Crippen LogP contribution in [0.25, 0.3) is 0 Å². The van der Waals surface area contributed by atoms with Crippen LogP contribution in [0.4, 0.5) is 0 Å². The SMILES string of the molecule is C=CCOc1ccccc1/C=N/NC(=O)c1ccc(OCCC)c(OC)c1. The summed E-state index contributed by atoms with van der Waals surface area (Å²) >= 11 is 0. The molecule has 1 amide bonds. The molecule has 0 fully saturated rings. The molecular weight excluding hydrogens is 344 g/mol. The highest BCUT2D eigenvalue weighted by Crippen LogP contribution is 2.28. The second-order valence-corrected chi connectivity index (χ2v) is 5.55. The summed E-state index contributed by atoms with van der Waals surface area (Å²) in [6, 6.07) is 12.4. The third-order valence-corrected chi connectivity index (χ3v) is 3.53. The Labute approximate surface area is 159 Å². The number of hydrazone groups is 1. The lowest BCUT2D eigenvalue weighted by Crippen LogP contribution is -2.17. The van der Waals surface area contributed by atoms with Crippen molar-refractivity contribution in [2.75, 3.05) is 20.3 Å². The molecule has 6 heteroatoms. The third kappa shape index (κ3) is 5.88. The average molecular weight is 368 g/mol. The molecule has 2 aromatic rings. The lowest BCUT2D eigenvalue weighted by Gasteiger charge is -2.11. The first kappa shape index (κ1) is 20.0. The van der Waals surface area contributed by atoms with E-state index in [1.54, 1.807) is 24.3 Å². The smallest absolute Gasteiger partial charge is 0.271 e. The van der Waals surface area contributed by atoms with Crippen LogP contribution in [-0.2, 0) is 0 Å². The van der Waals surface area contributed by atoms with Crippen molar-refractivity contribution in [3.63, 3.8) is 0 Å². The summed E-state index contributed by atoms with van der Waals surface area (Å²) in [4.78, 5) is 12.3. The number of ether oxygens (including phenoxy) is 3. The fourth-order valence-corrected chi connectivity index (χ4v) is 2.23. The van der Waals surface area contributed by atoms with Gasteiger partial charge in [0, 0.05) is 11.1 Å². The second kappa shape index (κ2) is 10.7. The molecule has 0 atom stereocenters. The van der Waals surface area contributed by atoms with Gasteiger partial charge in [-0.1, -0.05) is 31.7 Å². The van der Waals surface area contributed by atoms with Crippen molar-refractivity contribution in [2.24, 2.45) is 5.10 Å². The molecule has 0 aromatic heterocycles. The summed E-state index contributed by atoms with van der Waals surface area (Å²) in [6.07, 6.45) is 4.08. The zero-order chi connectivity index (χ0) is 19.5. The highest BCUT2D eigenvalue weighted by molar-refractivity contribution is 5.95. The highest BCUT2D eigenvalue weighted by Gasteiger charge is 2.10. The van der Waals surface area contributed by atoms with E-state index >= 15 is 0 Å². The fraction of sp³-hybridized carbons (Fsp3) is 0.238. The molecular formula is C21H24N2O4. The summed E-state index contributed by atoms with van der Waals surface area (Å²) in [5.74, 6) is 1.42. The van der Waals surface area contributed by atoms with E-state index in [2.05, 4.69) is 17.1 Å². The summed E-state index contributed by atoms with van der Waals surface area (Å²) in [7, 11) is 1.54. The zero-order valence-corrected chi connectivity index (χ0v) is 15.6. The first-order valence-corrected chi connectivity index (χ1v) is 8.66. The number of nitrogens with one attached hydrogen (secondary N) is 1. The fourth-order valence-electron chi connectivity index (χ4n) is 2.23. The Morgan fingerprint density at radius 2 is 1.96 bits per heavy atom. The standard InChI is InChI=1S/C21H24N2O4/c1-4-12-26-18-9-7-6-8-17(18)15-22-23-21(24)16-10-11-19(27-13-5-2)20(14-16)25-3/h4,6-11,14-15H,1,5,12-13H2,2-3H3,(H,23,24)/b22-15+. The molecule has 6 nitrogen and oxygen atoms in total. The number of para-hydroxylation sites is 1. The van der Waals surface area contributed by atoms with Crippen molar-refractivity contribution < 1.29 is 19.0 Å². The van der Waals surface area contributed by atoms with Crippen LogP contribution >= 0.6 is 0 Å². The maximum atomic E-state index is 12.3. The van der Waals surface area contributed by atoms with Gasteiger partial charge in [0.15, 0.2) is 11.5 Å². The second-order valence-electron chi connectivity index (χ2n) is 5.55. The number of methoxy groups -OCH3 is 1. The van der Waals surface area contributed by atoms with Gasteiger partial charge in [-0.2, -0.15) is 5.10 Å². The van der Waals surface area contributed by atoms with E-state index in [4.69, 9.17) is 14.2 Å². The molecule has 2 aromatic carbocycles. The van der Waals surface area contributed by atoms with Gasteiger partial charge in [-0.3, -0.25) is 4.79 Å². The molecule has 1 N–H and O–H groups in total. The van der Waals surface area contributed by atoms with Gasteiger partial charge >= 0.3 is 0 Å². The molecule has 142 valence electrons. The van der Waals surface area contributed by atoms with Crippen molar-refractivity contribution in [3.8, 4) is 17.2 Å².